The SMILES string of the molecule is CCC(N[C@@H](C)c1cccc(Cl)c1)c1ccccc1O. The van der Waals surface area contributed by atoms with E-state index in [0.717, 1.165) is 22.6 Å². The molecule has 0 spiro atoms. The van der Waals surface area contributed by atoms with Crippen molar-refractivity contribution in [3.63, 3.8) is 0 Å². The lowest BCUT2D eigenvalue weighted by molar-refractivity contribution is 0.419. The predicted octanol–water partition coefficient (Wildman–Crippen LogP) is 4.85. The molecule has 0 aromatic heterocycles. The molecule has 2 rings (SSSR count). The van der Waals surface area contributed by atoms with E-state index in [0.29, 0.717) is 5.75 Å². The van der Waals surface area contributed by atoms with Gasteiger partial charge in [0.1, 0.15) is 5.75 Å². The van der Waals surface area contributed by atoms with Gasteiger partial charge in [-0.1, -0.05) is 48.9 Å². The third-order valence-corrected chi connectivity index (χ3v) is 3.76. The number of para-hydroxylation sites is 1. The van der Waals surface area contributed by atoms with Gasteiger partial charge in [0.2, 0.25) is 0 Å². The van der Waals surface area contributed by atoms with Crippen molar-refractivity contribution < 1.29 is 5.11 Å². The Morgan fingerprint density at radius 1 is 1.15 bits per heavy atom. The maximum Gasteiger partial charge on any atom is 0.120 e. The molecule has 20 heavy (non-hydrogen) atoms. The van der Waals surface area contributed by atoms with Crippen LogP contribution in [0.3, 0.4) is 0 Å². The quantitative estimate of drug-likeness (QED) is 0.825. The Kier molecular flexibility index (Phi) is 5.05. The van der Waals surface area contributed by atoms with Crippen molar-refractivity contribution in [3.8, 4) is 5.75 Å². The molecule has 2 aromatic rings. The maximum atomic E-state index is 9.98. The van der Waals surface area contributed by atoms with E-state index in [1.54, 1.807) is 6.07 Å². The molecule has 0 aliphatic rings. The van der Waals surface area contributed by atoms with E-state index in [1.165, 1.54) is 0 Å². The third-order valence-electron chi connectivity index (χ3n) is 3.52. The number of phenolic OH excluding ortho intramolecular Hbond substituents is 1. The van der Waals surface area contributed by atoms with Gasteiger partial charge in [0.15, 0.2) is 0 Å². The minimum absolute atomic E-state index is 0.116. The fraction of sp³-hybridized carbons (Fsp3) is 0.294. The van der Waals surface area contributed by atoms with Crippen molar-refractivity contribution in [2.75, 3.05) is 0 Å². The van der Waals surface area contributed by atoms with Gasteiger partial charge in [-0.3, -0.25) is 0 Å². The van der Waals surface area contributed by atoms with Crippen LogP contribution in [0.1, 0.15) is 43.5 Å². The minimum atomic E-state index is 0.116. The molecule has 0 aliphatic heterocycles. The van der Waals surface area contributed by atoms with Crippen molar-refractivity contribution in [2.24, 2.45) is 0 Å². The number of nitrogens with one attached hydrogen (secondary N) is 1. The zero-order valence-corrected chi connectivity index (χ0v) is 12.6. The summed E-state index contributed by atoms with van der Waals surface area (Å²) < 4.78 is 0. The van der Waals surface area contributed by atoms with Gasteiger partial charge in [-0.15, -0.1) is 0 Å². The topological polar surface area (TPSA) is 32.3 Å². The van der Waals surface area contributed by atoms with Crippen LogP contribution in [-0.4, -0.2) is 5.11 Å². The Morgan fingerprint density at radius 3 is 2.55 bits per heavy atom. The maximum absolute atomic E-state index is 9.98. The highest BCUT2D eigenvalue weighted by molar-refractivity contribution is 6.30. The van der Waals surface area contributed by atoms with Crippen molar-refractivity contribution in [1.29, 1.82) is 0 Å². The van der Waals surface area contributed by atoms with Crippen molar-refractivity contribution in [3.05, 3.63) is 64.7 Å². The lowest BCUT2D eigenvalue weighted by Crippen LogP contribution is -2.24. The Balaban J connectivity index is 2.16. The van der Waals surface area contributed by atoms with Crippen LogP contribution in [0, 0.1) is 0 Å². The molecule has 2 aromatic carbocycles. The molecule has 0 amide bonds. The highest BCUT2D eigenvalue weighted by atomic mass is 35.5. The Labute approximate surface area is 125 Å². The molecule has 2 atom stereocenters. The smallest absolute Gasteiger partial charge is 0.120 e. The Bertz CT molecular complexity index is 570. The van der Waals surface area contributed by atoms with Crippen molar-refractivity contribution in [2.45, 2.75) is 32.4 Å². The second-order valence-electron chi connectivity index (χ2n) is 4.96. The zero-order valence-electron chi connectivity index (χ0n) is 11.8. The molecule has 106 valence electrons. The molecule has 1 unspecified atom stereocenters. The van der Waals surface area contributed by atoms with Gasteiger partial charge in [0, 0.05) is 22.7 Å². The summed E-state index contributed by atoms with van der Waals surface area (Å²) in [4.78, 5) is 0. The third kappa shape index (κ3) is 3.53. The summed E-state index contributed by atoms with van der Waals surface area (Å²) in [5.41, 5.74) is 2.08. The van der Waals surface area contributed by atoms with Gasteiger partial charge >= 0.3 is 0 Å². The van der Waals surface area contributed by atoms with Gasteiger partial charge in [-0.25, -0.2) is 0 Å². The highest BCUT2D eigenvalue weighted by Crippen LogP contribution is 2.28. The second-order valence-corrected chi connectivity index (χ2v) is 5.40. The van der Waals surface area contributed by atoms with Gasteiger partial charge in [-0.05, 0) is 37.1 Å². The average molecular weight is 290 g/mol. The number of hydrogen-bond donors (Lipinski definition) is 2. The summed E-state index contributed by atoms with van der Waals surface area (Å²) in [6.45, 7) is 4.21. The first-order valence-corrected chi connectivity index (χ1v) is 7.29. The van der Waals surface area contributed by atoms with E-state index in [2.05, 4.69) is 25.2 Å². The normalized spacial score (nSPS) is 13.9. The van der Waals surface area contributed by atoms with Gasteiger partial charge < -0.3 is 10.4 Å². The van der Waals surface area contributed by atoms with Gasteiger partial charge in [0.25, 0.3) is 0 Å². The molecular weight excluding hydrogens is 270 g/mol. The van der Waals surface area contributed by atoms with Crippen molar-refractivity contribution >= 4 is 11.6 Å². The van der Waals surface area contributed by atoms with Crippen LogP contribution in [0.4, 0.5) is 0 Å². The van der Waals surface area contributed by atoms with Crippen LogP contribution in [0.25, 0.3) is 0 Å². The van der Waals surface area contributed by atoms with Crippen LogP contribution in [-0.2, 0) is 0 Å². The largest absolute Gasteiger partial charge is 0.508 e. The molecule has 0 aliphatic carbocycles. The molecular formula is C17H20ClNO. The summed E-state index contributed by atoms with van der Waals surface area (Å²) in [5.74, 6) is 0.338. The molecule has 0 saturated carbocycles. The molecule has 0 radical (unpaired) electrons. The highest BCUT2D eigenvalue weighted by Gasteiger charge is 2.16. The lowest BCUT2D eigenvalue weighted by Gasteiger charge is -2.23. The predicted molar refractivity (Wildman–Crippen MR) is 84.1 cm³/mol. The summed E-state index contributed by atoms with van der Waals surface area (Å²) in [5, 5.41) is 14.3. The van der Waals surface area contributed by atoms with Crippen LogP contribution < -0.4 is 5.32 Å². The molecule has 3 heteroatoms. The summed E-state index contributed by atoms with van der Waals surface area (Å²) >= 11 is 6.03. The number of hydrogen-bond acceptors (Lipinski definition) is 2. The first-order valence-electron chi connectivity index (χ1n) is 6.91. The lowest BCUT2D eigenvalue weighted by atomic mass is 10.0. The van der Waals surface area contributed by atoms with Crippen LogP contribution in [0.15, 0.2) is 48.5 Å². The Hall–Kier alpha value is -1.51. The number of phenols is 1. The van der Waals surface area contributed by atoms with Gasteiger partial charge in [-0.2, -0.15) is 0 Å². The Morgan fingerprint density at radius 2 is 1.90 bits per heavy atom. The average Bonchev–Trinajstić information content (AvgIpc) is 2.45. The number of rotatable bonds is 5. The van der Waals surface area contributed by atoms with E-state index < -0.39 is 0 Å². The molecule has 2 nitrogen and oxygen atoms in total. The van der Waals surface area contributed by atoms with E-state index in [4.69, 9.17) is 11.6 Å². The van der Waals surface area contributed by atoms with Crippen LogP contribution in [0.2, 0.25) is 5.02 Å². The number of benzene rings is 2. The monoisotopic (exact) mass is 289 g/mol. The summed E-state index contributed by atoms with van der Waals surface area (Å²) in [6, 6.07) is 15.6. The number of aromatic hydroxyl groups is 1. The van der Waals surface area contributed by atoms with Gasteiger partial charge in [0.05, 0.1) is 0 Å². The van der Waals surface area contributed by atoms with Crippen molar-refractivity contribution in [1.82, 2.24) is 5.32 Å². The minimum Gasteiger partial charge on any atom is -0.508 e. The zero-order chi connectivity index (χ0) is 14.5. The first-order chi connectivity index (χ1) is 9.61. The standard InChI is InChI=1S/C17H20ClNO/c1-3-16(15-9-4-5-10-17(15)20)19-12(2)13-7-6-8-14(18)11-13/h4-12,16,19-20H,3H2,1-2H3/t12-,16?/m0/s1. The molecule has 0 fully saturated rings. The number of halogens is 1. The molecule has 0 heterocycles. The van der Waals surface area contributed by atoms with Crippen LogP contribution in [0.5, 0.6) is 5.75 Å². The molecule has 0 bridgehead atoms. The molecule has 2 N–H and O–H groups in total. The van der Waals surface area contributed by atoms with E-state index >= 15 is 0 Å². The molecule has 0 saturated heterocycles. The van der Waals surface area contributed by atoms with E-state index in [1.807, 2.05) is 36.4 Å². The first kappa shape index (κ1) is 14.9. The fourth-order valence-electron chi connectivity index (χ4n) is 2.38. The fourth-order valence-corrected chi connectivity index (χ4v) is 2.58. The van der Waals surface area contributed by atoms with Crippen LogP contribution >= 0.6 is 11.6 Å². The summed E-state index contributed by atoms with van der Waals surface area (Å²) in [6.07, 6.45) is 0.905. The van der Waals surface area contributed by atoms with E-state index in [-0.39, 0.29) is 12.1 Å². The summed E-state index contributed by atoms with van der Waals surface area (Å²) in [7, 11) is 0. The second kappa shape index (κ2) is 6.78. The van der Waals surface area contributed by atoms with E-state index in [9.17, 15) is 5.11 Å².